The first kappa shape index (κ1) is 13.1. The molecule has 1 aliphatic carbocycles. The maximum absolute atomic E-state index is 12.1. The molecule has 2 atom stereocenters. The Morgan fingerprint density at radius 2 is 2.10 bits per heavy atom. The van der Waals surface area contributed by atoms with Crippen molar-refractivity contribution < 1.29 is 13.5 Å². The molecule has 0 spiro atoms. The van der Waals surface area contributed by atoms with Crippen LogP contribution >= 0.6 is 0 Å². The van der Waals surface area contributed by atoms with Crippen molar-refractivity contribution in [3.8, 4) is 5.75 Å². The number of guanidine groups is 1. The highest BCUT2D eigenvalue weighted by molar-refractivity contribution is 5.81. The highest BCUT2D eigenvalue weighted by Crippen LogP contribution is 2.41. The predicted molar refractivity (Wildman–Crippen MR) is 72.3 cm³/mol. The van der Waals surface area contributed by atoms with E-state index in [0.717, 1.165) is 37.5 Å². The fourth-order valence-corrected chi connectivity index (χ4v) is 2.42. The van der Waals surface area contributed by atoms with Gasteiger partial charge in [-0.15, -0.1) is 0 Å². The molecule has 0 saturated heterocycles. The molecule has 20 heavy (non-hydrogen) atoms. The predicted octanol–water partition coefficient (Wildman–Crippen LogP) is 2.08. The SMILES string of the molecule is FC(F)Oc1ccc([C@@H]2C[C@H]2NC2=NCCCN2)cc1. The molecular formula is C14H17F2N3O. The highest BCUT2D eigenvalue weighted by Gasteiger charge is 2.39. The number of hydrogen-bond donors (Lipinski definition) is 2. The number of nitrogens with one attached hydrogen (secondary N) is 2. The molecule has 1 aliphatic heterocycles. The van der Waals surface area contributed by atoms with E-state index in [-0.39, 0.29) is 5.75 Å². The highest BCUT2D eigenvalue weighted by atomic mass is 19.3. The normalized spacial score (nSPS) is 24.9. The van der Waals surface area contributed by atoms with E-state index >= 15 is 0 Å². The van der Waals surface area contributed by atoms with Crippen LogP contribution in [0.25, 0.3) is 0 Å². The largest absolute Gasteiger partial charge is 0.435 e. The summed E-state index contributed by atoms with van der Waals surface area (Å²) in [6.07, 6.45) is 2.11. The molecule has 1 fully saturated rings. The summed E-state index contributed by atoms with van der Waals surface area (Å²) in [4.78, 5) is 4.38. The lowest BCUT2D eigenvalue weighted by Crippen LogP contribution is -2.42. The molecule has 2 N–H and O–H groups in total. The minimum atomic E-state index is -2.77. The lowest BCUT2D eigenvalue weighted by molar-refractivity contribution is -0.0498. The maximum atomic E-state index is 12.1. The molecule has 0 bridgehead atoms. The number of halogens is 2. The fraction of sp³-hybridized carbons (Fsp3) is 0.500. The van der Waals surface area contributed by atoms with Gasteiger partial charge in [0.15, 0.2) is 5.96 Å². The molecule has 6 heteroatoms. The van der Waals surface area contributed by atoms with Crippen LogP contribution in [0.1, 0.15) is 24.3 Å². The van der Waals surface area contributed by atoms with Crippen molar-refractivity contribution in [3.63, 3.8) is 0 Å². The third-order valence-electron chi connectivity index (χ3n) is 3.54. The molecule has 1 aromatic carbocycles. The quantitative estimate of drug-likeness (QED) is 0.888. The zero-order valence-electron chi connectivity index (χ0n) is 11.0. The van der Waals surface area contributed by atoms with Gasteiger partial charge >= 0.3 is 6.61 Å². The molecule has 0 aromatic heterocycles. The Morgan fingerprint density at radius 1 is 1.30 bits per heavy atom. The van der Waals surface area contributed by atoms with Crippen molar-refractivity contribution in [1.29, 1.82) is 0 Å². The van der Waals surface area contributed by atoms with Crippen molar-refractivity contribution in [2.75, 3.05) is 13.1 Å². The summed E-state index contributed by atoms with van der Waals surface area (Å²) < 4.78 is 28.5. The lowest BCUT2D eigenvalue weighted by atomic mass is 10.1. The van der Waals surface area contributed by atoms with Crippen molar-refractivity contribution >= 4 is 5.96 Å². The number of rotatable bonds is 4. The van der Waals surface area contributed by atoms with Crippen LogP contribution in [0.3, 0.4) is 0 Å². The molecule has 0 unspecified atom stereocenters. The smallest absolute Gasteiger partial charge is 0.387 e. The topological polar surface area (TPSA) is 45.6 Å². The van der Waals surface area contributed by atoms with Crippen molar-refractivity contribution in [1.82, 2.24) is 10.6 Å². The van der Waals surface area contributed by atoms with Crippen LogP contribution in [0, 0.1) is 0 Å². The first-order valence-electron chi connectivity index (χ1n) is 6.82. The van der Waals surface area contributed by atoms with Gasteiger partial charge in [0.05, 0.1) is 0 Å². The first-order valence-corrected chi connectivity index (χ1v) is 6.82. The minimum Gasteiger partial charge on any atom is -0.435 e. The Bertz CT molecular complexity index is 490. The van der Waals surface area contributed by atoms with Crippen molar-refractivity contribution in [2.45, 2.75) is 31.4 Å². The number of aliphatic imine (C=N–C) groups is 1. The van der Waals surface area contributed by atoms with Gasteiger partial charge in [-0.2, -0.15) is 8.78 Å². The molecule has 4 nitrogen and oxygen atoms in total. The van der Waals surface area contributed by atoms with Crippen LogP contribution in [0.4, 0.5) is 8.78 Å². The van der Waals surface area contributed by atoms with Gasteiger partial charge in [-0.1, -0.05) is 12.1 Å². The van der Waals surface area contributed by atoms with Crippen LogP contribution < -0.4 is 15.4 Å². The van der Waals surface area contributed by atoms with Crippen molar-refractivity contribution in [2.24, 2.45) is 4.99 Å². The van der Waals surface area contributed by atoms with E-state index < -0.39 is 6.61 Å². The van der Waals surface area contributed by atoms with E-state index in [0.29, 0.717) is 12.0 Å². The van der Waals surface area contributed by atoms with Crippen molar-refractivity contribution in [3.05, 3.63) is 29.8 Å². The monoisotopic (exact) mass is 281 g/mol. The number of nitrogens with zero attached hydrogens (tertiary/aromatic N) is 1. The van der Waals surface area contributed by atoms with E-state index in [4.69, 9.17) is 0 Å². The molecule has 2 aliphatic rings. The van der Waals surface area contributed by atoms with Crippen LogP contribution in [-0.4, -0.2) is 31.7 Å². The third kappa shape index (κ3) is 3.18. The Hall–Kier alpha value is -1.85. The van der Waals surface area contributed by atoms with Gasteiger partial charge in [-0.3, -0.25) is 4.99 Å². The number of benzene rings is 1. The molecule has 1 heterocycles. The fourth-order valence-electron chi connectivity index (χ4n) is 2.42. The van der Waals surface area contributed by atoms with Gasteiger partial charge in [0, 0.05) is 25.0 Å². The zero-order valence-corrected chi connectivity index (χ0v) is 11.0. The summed E-state index contributed by atoms with van der Waals surface area (Å²) in [5.41, 5.74) is 1.14. The van der Waals surface area contributed by atoms with Crippen LogP contribution in [0.2, 0.25) is 0 Å². The molecule has 1 saturated carbocycles. The Morgan fingerprint density at radius 3 is 2.75 bits per heavy atom. The van der Waals surface area contributed by atoms with Gasteiger partial charge in [-0.05, 0) is 30.5 Å². The second kappa shape index (κ2) is 5.64. The molecule has 0 radical (unpaired) electrons. The summed E-state index contributed by atoms with van der Waals surface area (Å²) in [5, 5.41) is 6.60. The summed E-state index contributed by atoms with van der Waals surface area (Å²) in [6.45, 7) is -0.943. The average Bonchev–Trinajstić information content (AvgIpc) is 3.19. The molecule has 1 aromatic rings. The van der Waals surface area contributed by atoms with Gasteiger partial charge in [0.25, 0.3) is 0 Å². The Labute approximate surface area is 116 Å². The standard InChI is InChI=1S/C14H17F2N3O/c15-13(16)20-10-4-2-9(3-5-10)11-8-12(11)19-14-17-6-1-7-18-14/h2-5,11-13H,1,6-8H2,(H2,17,18,19)/t11-,12+/m0/s1. The Balaban J connectivity index is 1.54. The van der Waals surface area contributed by atoms with Crippen LogP contribution in [-0.2, 0) is 0 Å². The van der Waals surface area contributed by atoms with E-state index in [1.807, 2.05) is 12.1 Å². The maximum Gasteiger partial charge on any atom is 0.387 e. The Kier molecular flexibility index (Phi) is 3.71. The third-order valence-corrected chi connectivity index (χ3v) is 3.54. The van der Waals surface area contributed by atoms with Crippen LogP contribution in [0.5, 0.6) is 5.75 Å². The van der Waals surface area contributed by atoms with Gasteiger partial charge < -0.3 is 15.4 Å². The lowest BCUT2D eigenvalue weighted by Gasteiger charge is -2.16. The molecule has 0 amide bonds. The first-order chi connectivity index (χ1) is 9.72. The molecular weight excluding hydrogens is 264 g/mol. The summed E-state index contributed by atoms with van der Waals surface area (Å²) >= 11 is 0. The second-order valence-electron chi connectivity index (χ2n) is 5.05. The zero-order chi connectivity index (χ0) is 13.9. The number of hydrogen-bond acceptors (Lipinski definition) is 4. The van der Waals surface area contributed by atoms with Crippen LogP contribution in [0.15, 0.2) is 29.3 Å². The summed E-state index contributed by atoms with van der Waals surface area (Å²) in [5.74, 6) is 1.50. The van der Waals surface area contributed by atoms with Gasteiger partial charge in [-0.25, -0.2) is 0 Å². The van der Waals surface area contributed by atoms with Gasteiger partial charge in [0.2, 0.25) is 0 Å². The number of ether oxygens (including phenoxy) is 1. The van der Waals surface area contributed by atoms with E-state index in [9.17, 15) is 8.78 Å². The minimum absolute atomic E-state index is 0.201. The number of alkyl halides is 2. The molecule has 108 valence electrons. The summed E-state index contributed by atoms with van der Waals surface area (Å²) in [6, 6.07) is 7.25. The summed E-state index contributed by atoms with van der Waals surface area (Å²) in [7, 11) is 0. The average molecular weight is 281 g/mol. The second-order valence-corrected chi connectivity index (χ2v) is 5.05. The van der Waals surface area contributed by atoms with E-state index in [2.05, 4.69) is 20.4 Å². The van der Waals surface area contributed by atoms with Gasteiger partial charge in [0.1, 0.15) is 5.75 Å². The van der Waals surface area contributed by atoms with E-state index in [1.54, 1.807) is 12.1 Å². The van der Waals surface area contributed by atoms with E-state index in [1.165, 1.54) is 0 Å². The molecule has 3 rings (SSSR count).